The Bertz CT molecular complexity index is 552. The zero-order chi connectivity index (χ0) is 11.4. The van der Waals surface area contributed by atoms with Crippen molar-refractivity contribution in [2.75, 3.05) is 0 Å². The van der Waals surface area contributed by atoms with E-state index in [9.17, 15) is 0 Å². The molecule has 1 aromatic carbocycles. The van der Waals surface area contributed by atoms with Gasteiger partial charge in [0.15, 0.2) is 0 Å². The third-order valence-corrected chi connectivity index (χ3v) is 3.04. The SMILES string of the molecule is Brc1ccc(C#Cc2cccc(I)c2)cn1. The Kier molecular flexibility index (Phi) is 3.97. The number of halogens is 2. The van der Waals surface area contributed by atoms with Crippen LogP contribution in [-0.2, 0) is 0 Å². The monoisotopic (exact) mass is 383 g/mol. The van der Waals surface area contributed by atoms with Gasteiger partial charge in [0.2, 0.25) is 0 Å². The van der Waals surface area contributed by atoms with Crippen LogP contribution in [0.25, 0.3) is 0 Å². The summed E-state index contributed by atoms with van der Waals surface area (Å²) in [6.07, 6.45) is 1.75. The van der Waals surface area contributed by atoms with Crippen molar-refractivity contribution in [1.29, 1.82) is 0 Å². The summed E-state index contributed by atoms with van der Waals surface area (Å²) in [4.78, 5) is 4.12. The lowest BCUT2D eigenvalue weighted by Gasteiger charge is -1.92. The molecule has 1 heterocycles. The minimum atomic E-state index is 0.826. The normalized spacial score (nSPS) is 9.38. The fraction of sp³-hybridized carbons (Fsp3) is 0. The number of rotatable bonds is 0. The Morgan fingerprint density at radius 1 is 1.06 bits per heavy atom. The van der Waals surface area contributed by atoms with E-state index >= 15 is 0 Å². The van der Waals surface area contributed by atoms with Crippen molar-refractivity contribution in [2.45, 2.75) is 0 Å². The van der Waals surface area contributed by atoms with Gasteiger partial charge in [-0.15, -0.1) is 0 Å². The number of pyridine rings is 1. The van der Waals surface area contributed by atoms with Crippen LogP contribution in [0.15, 0.2) is 47.2 Å². The van der Waals surface area contributed by atoms with Crippen molar-refractivity contribution in [3.05, 3.63) is 61.9 Å². The first-order valence-electron chi connectivity index (χ1n) is 4.63. The molecule has 2 rings (SSSR count). The Morgan fingerprint density at radius 3 is 2.56 bits per heavy atom. The Balaban J connectivity index is 2.25. The van der Waals surface area contributed by atoms with E-state index in [2.05, 4.69) is 61.4 Å². The molecule has 1 aromatic heterocycles. The average Bonchev–Trinajstić information content (AvgIpc) is 2.28. The van der Waals surface area contributed by atoms with Crippen molar-refractivity contribution < 1.29 is 0 Å². The molecule has 0 fully saturated rings. The van der Waals surface area contributed by atoms with E-state index in [-0.39, 0.29) is 0 Å². The smallest absolute Gasteiger partial charge is 0.106 e. The molecule has 0 aliphatic rings. The summed E-state index contributed by atoms with van der Waals surface area (Å²) in [7, 11) is 0. The fourth-order valence-corrected chi connectivity index (χ4v) is 1.94. The standard InChI is InChI=1S/C13H7BrIN/c14-13-7-6-11(9-16-13)5-4-10-2-1-3-12(15)8-10/h1-3,6-9H. The highest BCUT2D eigenvalue weighted by Gasteiger charge is 1.90. The molecule has 0 N–H and O–H groups in total. The lowest BCUT2D eigenvalue weighted by atomic mass is 10.2. The highest BCUT2D eigenvalue weighted by molar-refractivity contribution is 14.1. The Hall–Kier alpha value is -0.860. The number of aromatic nitrogens is 1. The minimum Gasteiger partial charge on any atom is -0.248 e. The van der Waals surface area contributed by atoms with E-state index in [0.717, 1.165) is 15.7 Å². The zero-order valence-electron chi connectivity index (χ0n) is 8.24. The van der Waals surface area contributed by atoms with Crippen LogP contribution in [-0.4, -0.2) is 4.98 Å². The summed E-state index contributed by atoms with van der Waals surface area (Å²) in [5.41, 5.74) is 1.94. The van der Waals surface area contributed by atoms with Gasteiger partial charge < -0.3 is 0 Å². The summed E-state index contributed by atoms with van der Waals surface area (Å²) in [5.74, 6) is 6.19. The van der Waals surface area contributed by atoms with Gasteiger partial charge in [-0.2, -0.15) is 0 Å². The molecule has 0 atom stereocenters. The molecule has 0 saturated carbocycles. The summed E-state index contributed by atoms with van der Waals surface area (Å²) < 4.78 is 2.02. The summed E-state index contributed by atoms with van der Waals surface area (Å²) in [6, 6.07) is 11.9. The molecule has 0 bridgehead atoms. The topological polar surface area (TPSA) is 12.9 Å². The van der Waals surface area contributed by atoms with Crippen LogP contribution in [0.4, 0.5) is 0 Å². The van der Waals surface area contributed by atoms with Crippen molar-refractivity contribution in [3.8, 4) is 11.8 Å². The second kappa shape index (κ2) is 5.46. The largest absolute Gasteiger partial charge is 0.248 e. The maximum atomic E-state index is 4.12. The predicted octanol–water partition coefficient (Wildman–Crippen LogP) is 3.85. The summed E-state index contributed by atoms with van der Waals surface area (Å²) >= 11 is 5.57. The van der Waals surface area contributed by atoms with Crippen LogP contribution in [0.2, 0.25) is 0 Å². The molecule has 0 amide bonds. The van der Waals surface area contributed by atoms with Gasteiger partial charge in [-0.05, 0) is 68.9 Å². The number of hydrogen-bond acceptors (Lipinski definition) is 1. The van der Waals surface area contributed by atoms with Gasteiger partial charge in [0.05, 0.1) is 0 Å². The Labute approximate surface area is 117 Å². The molecule has 0 spiro atoms. The van der Waals surface area contributed by atoms with Crippen LogP contribution < -0.4 is 0 Å². The third-order valence-electron chi connectivity index (χ3n) is 1.90. The van der Waals surface area contributed by atoms with Gasteiger partial charge in [-0.25, -0.2) is 4.98 Å². The molecule has 0 saturated heterocycles. The molecule has 3 heteroatoms. The first kappa shape index (κ1) is 11.6. The van der Waals surface area contributed by atoms with Crippen LogP contribution in [0.3, 0.4) is 0 Å². The van der Waals surface area contributed by atoms with E-state index in [1.54, 1.807) is 6.20 Å². The van der Waals surface area contributed by atoms with Gasteiger partial charge in [0.1, 0.15) is 4.60 Å². The van der Waals surface area contributed by atoms with Crippen LogP contribution in [0, 0.1) is 15.4 Å². The van der Waals surface area contributed by atoms with E-state index < -0.39 is 0 Å². The zero-order valence-corrected chi connectivity index (χ0v) is 12.0. The average molecular weight is 384 g/mol. The van der Waals surface area contributed by atoms with E-state index in [1.165, 1.54) is 3.57 Å². The molecule has 1 nitrogen and oxygen atoms in total. The third kappa shape index (κ3) is 3.32. The lowest BCUT2D eigenvalue weighted by molar-refractivity contribution is 1.26. The molecule has 16 heavy (non-hydrogen) atoms. The van der Waals surface area contributed by atoms with Crippen molar-refractivity contribution in [3.63, 3.8) is 0 Å². The van der Waals surface area contributed by atoms with Crippen molar-refractivity contribution in [2.24, 2.45) is 0 Å². The second-order valence-corrected chi connectivity index (χ2v) is 5.19. The highest BCUT2D eigenvalue weighted by Crippen LogP contribution is 2.08. The predicted molar refractivity (Wildman–Crippen MR) is 77.1 cm³/mol. The first-order chi connectivity index (χ1) is 7.74. The highest BCUT2D eigenvalue weighted by atomic mass is 127. The molecular formula is C13H7BrIN. The van der Waals surface area contributed by atoms with Crippen molar-refractivity contribution in [1.82, 2.24) is 4.98 Å². The lowest BCUT2D eigenvalue weighted by Crippen LogP contribution is -1.79. The minimum absolute atomic E-state index is 0.826. The Morgan fingerprint density at radius 2 is 1.88 bits per heavy atom. The summed E-state index contributed by atoms with van der Waals surface area (Å²) in [5, 5.41) is 0. The van der Waals surface area contributed by atoms with Gasteiger partial charge in [-0.3, -0.25) is 0 Å². The van der Waals surface area contributed by atoms with Gasteiger partial charge >= 0.3 is 0 Å². The second-order valence-electron chi connectivity index (χ2n) is 3.13. The number of nitrogens with zero attached hydrogens (tertiary/aromatic N) is 1. The molecule has 2 aromatic rings. The molecule has 0 aliphatic heterocycles. The maximum Gasteiger partial charge on any atom is 0.106 e. The quantitative estimate of drug-likeness (QED) is 0.382. The van der Waals surface area contributed by atoms with Crippen molar-refractivity contribution >= 4 is 38.5 Å². The van der Waals surface area contributed by atoms with E-state index in [1.807, 2.05) is 30.3 Å². The fourth-order valence-electron chi connectivity index (χ4n) is 1.16. The molecule has 0 radical (unpaired) electrons. The molecule has 0 unspecified atom stereocenters. The van der Waals surface area contributed by atoms with Crippen LogP contribution in [0.1, 0.15) is 11.1 Å². The molecule has 78 valence electrons. The maximum absolute atomic E-state index is 4.12. The molecule has 0 aliphatic carbocycles. The van der Waals surface area contributed by atoms with E-state index in [4.69, 9.17) is 0 Å². The number of benzene rings is 1. The molecular weight excluding hydrogens is 377 g/mol. The number of hydrogen-bond donors (Lipinski definition) is 0. The van der Waals surface area contributed by atoms with Crippen LogP contribution in [0.5, 0.6) is 0 Å². The van der Waals surface area contributed by atoms with Crippen LogP contribution >= 0.6 is 38.5 Å². The first-order valence-corrected chi connectivity index (χ1v) is 6.50. The summed E-state index contributed by atoms with van der Waals surface area (Å²) in [6.45, 7) is 0. The van der Waals surface area contributed by atoms with E-state index in [0.29, 0.717) is 0 Å². The van der Waals surface area contributed by atoms with Gasteiger partial charge in [-0.1, -0.05) is 17.9 Å². The van der Waals surface area contributed by atoms with Gasteiger partial charge in [0, 0.05) is 20.9 Å². The van der Waals surface area contributed by atoms with Gasteiger partial charge in [0.25, 0.3) is 0 Å².